The van der Waals surface area contributed by atoms with Crippen LogP contribution < -0.4 is 5.32 Å². The Bertz CT molecular complexity index is 330. The number of nitrogens with one attached hydrogen (secondary N) is 1. The van der Waals surface area contributed by atoms with Crippen LogP contribution in [0.2, 0.25) is 0 Å². The zero-order valence-electron chi connectivity index (χ0n) is 10.1. The third-order valence-electron chi connectivity index (χ3n) is 3.79. The number of hydrogen-bond donors (Lipinski definition) is 2. The van der Waals surface area contributed by atoms with Crippen LogP contribution >= 0.6 is 0 Å². The summed E-state index contributed by atoms with van der Waals surface area (Å²) >= 11 is 0. The highest BCUT2D eigenvalue weighted by Crippen LogP contribution is 2.37. The lowest BCUT2D eigenvalue weighted by Crippen LogP contribution is -2.67. The van der Waals surface area contributed by atoms with Gasteiger partial charge in [-0.2, -0.15) is 0 Å². The van der Waals surface area contributed by atoms with Gasteiger partial charge in [0.2, 0.25) is 5.91 Å². The first kappa shape index (κ1) is 12.4. The molecule has 2 rings (SSSR count). The summed E-state index contributed by atoms with van der Waals surface area (Å²) in [5.41, 5.74) is -0.751. The van der Waals surface area contributed by atoms with Crippen molar-refractivity contribution in [2.45, 2.75) is 63.2 Å². The Hall–Kier alpha value is -1.10. The minimum Gasteiger partial charge on any atom is -0.460 e. The van der Waals surface area contributed by atoms with E-state index in [1.54, 1.807) is 0 Å². The average Bonchev–Trinajstić information content (AvgIpc) is 2.25. The van der Waals surface area contributed by atoms with Crippen molar-refractivity contribution >= 4 is 11.9 Å². The molecule has 1 saturated heterocycles. The van der Waals surface area contributed by atoms with Gasteiger partial charge in [-0.25, -0.2) is 0 Å². The van der Waals surface area contributed by atoms with E-state index in [-0.39, 0.29) is 11.9 Å². The molecule has 5 nitrogen and oxygen atoms in total. The van der Waals surface area contributed by atoms with Gasteiger partial charge in [-0.15, -0.1) is 0 Å². The Morgan fingerprint density at radius 1 is 1.47 bits per heavy atom. The zero-order chi connectivity index (χ0) is 12.5. The first-order valence-electron chi connectivity index (χ1n) is 6.21. The minimum absolute atomic E-state index is 0.0608. The molecule has 0 radical (unpaired) electrons. The predicted octanol–water partition coefficient (Wildman–Crippen LogP) is 0.502. The molecule has 2 aliphatic rings. The quantitative estimate of drug-likeness (QED) is 0.656. The summed E-state index contributed by atoms with van der Waals surface area (Å²) in [5.74, 6) is -0.419. The van der Waals surface area contributed by atoms with E-state index in [9.17, 15) is 14.7 Å². The van der Waals surface area contributed by atoms with Gasteiger partial charge < -0.3 is 15.2 Å². The number of rotatable bonds is 1. The molecular weight excluding hydrogens is 222 g/mol. The number of aliphatic hydroxyl groups is 1. The molecule has 1 spiro atoms. The van der Waals surface area contributed by atoms with Gasteiger partial charge in [0.1, 0.15) is 11.6 Å². The van der Waals surface area contributed by atoms with E-state index in [2.05, 4.69) is 5.32 Å². The number of piperidine rings is 1. The molecule has 1 aliphatic carbocycles. The Labute approximate surface area is 101 Å². The summed E-state index contributed by atoms with van der Waals surface area (Å²) in [6, 6.07) is 0. The van der Waals surface area contributed by atoms with Crippen molar-refractivity contribution in [3.05, 3.63) is 0 Å². The maximum absolute atomic E-state index is 11.6. The highest BCUT2D eigenvalue weighted by Gasteiger charge is 2.51. The summed E-state index contributed by atoms with van der Waals surface area (Å²) in [4.78, 5) is 22.7. The van der Waals surface area contributed by atoms with Crippen molar-refractivity contribution in [1.29, 1.82) is 0 Å². The first-order chi connectivity index (χ1) is 8.04. The van der Waals surface area contributed by atoms with Gasteiger partial charge in [0.25, 0.3) is 0 Å². The lowest BCUT2D eigenvalue weighted by Gasteiger charge is -2.48. The van der Waals surface area contributed by atoms with Crippen molar-refractivity contribution in [3.8, 4) is 0 Å². The molecule has 1 saturated carbocycles. The molecule has 0 bridgehead atoms. The smallest absolute Gasteiger partial charge is 0.302 e. The van der Waals surface area contributed by atoms with Crippen molar-refractivity contribution in [1.82, 2.24) is 5.32 Å². The second kappa shape index (κ2) is 4.64. The van der Waals surface area contributed by atoms with Crippen LogP contribution in [0.5, 0.6) is 0 Å². The monoisotopic (exact) mass is 241 g/mol. The van der Waals surface area contributed by atoms with Gasteiger partial charge >= 0.3 is 5.97 Å². The highest BCUT2D eigenvalue weighted by molar-refractivity contribution is 5.78. The molecule has 1 aliphatic heterocycles. The SMILES string of the molecule is CC(=O)O[C@H]1CCC[C@@H](O)[C@@]12CCCC(=O)N2. The molecule has 0 aromatic carbocycles. The fourth-order valence-corrected chi connectivity index (χ4v) is 3.01. The fraction of sp³-hybridized carbons (Fsp3) is 0.833. The molecule has 96 valence electrons. The molecule has 5 heteroatoms. The third kappa shape index (κ3) is 2.29. The van der Waals surface area contributed by atoms with Crippen LogP contribution in [0.4, 0.5) is 0 Å². The van der Waals surface area contributed by atoms with Crippen molar-refractivity contribution in [3.63, 3.8) is 0 Å². The van der Waals surface area contributed by atoms with Gasteiger partial charge in [0.15, 0.2) is 0 Å². The van der Waals surface area contributed by atoms with E-state index in [1.807, 2.05) is 0 Å². The molecular formula is C12H19NO4. The number of hydrogen-bond acceptors (Lipinski definition) is 4. The summed E-state index contributed by atoms with van der Waals surface area (Å²) in [5, 5.41) is 13.1. The van der Waals surface area contributed by atoms with Gasteiger partial charge in [-0.05, 0) is 32.1 Å². The Morgan fingerprint density at radius 2 is 2.24 bits per heavy atom. The van der Waals surface area contributed by atoms with Crippen LogP contribution in [0.3, 0.4) is 0 Å². The number of ether oxygens (including phenoxy) is 1. The zero-order valence-corrected chi connectivity index (χ0v) is 10.1. The number of esters is 1. The fourth-order valence-electron chi connectivity index (χ4n) is 3.01. The summed E-state index contributed by atoms with van der Waals surface area (Å²) in [6.07, 6.45) is 3.06. The molecule has 2 fully saturated rings. The standard InChI is InChI=1S/C12H19NO4/c1-8(14)17-10-5-2-4-9(15)12(10)7-3-6-11(16)13-12/h9-10,15H,2-7H2,1H3,(H,13,16)/t9-,10+,12+/m1/s1. The Balaban J connectivity index is 2.22. The Morgan fingerprint density at radius 3 is 2.88 bits per heavy atom. The van der Waals surface area contributed by atoms with Gasteiger partial charge in [-0.3, -0.25) is 9.59 Å². The van der Waals surface area contributed by atoms with E-state index in [0.717, 1.165) is 12.8 Å². The lowest BCUT2D eigenvalue weighted by molar-refractivity contribution is -0.165. The molecule has 0 aromatic rings. The number of carbonyl (C=O) groups excluding carboxylic acids is 2. The Kier molecular flexibility index (Phi) is 3.38. The molecule has 17 heavy (non-hydrogen) atoms. The van der Waals surface area contributed by atoms with Crippen LogP contribution in [0, 0.1) is 0 Å². The molecule has 0 unspecified atom stereocenters. The first-order valence-corrected chi connectivity index (χ1v) is 6.21. The topological polar surface area (TPSA) is 75.6 Å². The van der Waals surface area contributed by atoms with E-state index in [0.29, 0.717) is 25.7 Å². The molecule has 0 aromatic heterocycles. The third-order valence-corrected chi connectivity index (χ3v) is 3.79. The number of aliphatic hydroxyl groups excluding tert-OH is 1. The van der Waals surface area contributed by atoms with Crippen LogP contribution in [0.25, 0.3) is 0 Å². The van der Waals surface area contributed by atoms with E-state index in [1.165, 1.54) is 6.92 Å². The highest BCUT2D eigenvalue weighted by atomic mass is 16.5. The van der Waals surface area contributed by atoms with Crippen LogP contribution in [0.1, 0.15) is 45.4 Å². The summed E-state index contributed by atoms with van der Waals surface area (Å²) in [6.45, 7) is 1.36. The van der Waals surface area contributed by atoms with Crippen LogP contribution in [-0.4, -0.2) is 34.7 Å². The lowest BCUT2D eigenvalue weighted by atomic mass is 9.72. The summed E-state index contributed by atoms with van der Waals surface area (Å²) in [7, 11) is 0. The largest absolute Gasteiger partial charge is 0.460 e. The van der Waals surface area contributed by atoms with Gasteiger partial charge in [-0.1, -0.05) is 0 Å². The number of carbonyl (C=O) groups is 2. The van der Waals surface area contributed by atoms with Gasteiger partial charge in [0, 0.05) is 13.3 Å². The maximum Gasteiger partial charge on any atom is 0.302 e. The summed E-state index contributed by atoms with van der Waals surface area (Å²) < 4.78 is 5.29. The molecule has 1 amide bonds. The second-order valence-electron chi connectivity index (χ2n) is 4.99. The number of amides is 1. The van der Waals surface area contributed by atoms with Crippen LogP contribution in [0.15, 0.2) is 0 Å². The second-order valence-corrected chi connectivity index (χ2v) is 4.99. The molecule has 3 atom stereocenters. The molecule has 1 heterocycles. The minimum atomic E-state index is -0.751. The van der Waals surface area contributed by atoms with Gasteiger partial charge in [0.05, 0.1) is 6.10 Å². The molecule has 2 N–H and O–H groups in total. The van der Waals surface area contributed by atoms with Crippen LogP contribution in [-0.2, 0) is 14.3 Å². The van der Waals surface area contributed by atoms with E-state index >= 15 is 0 Å². The normalized spacial score (nSPS) is 37.6. The van der Waals surface area contributed by atoms with E-state index in [4.69, 9.17) is 4.74 Å². The van der Waals surface area contributed by atoms with Crippen molar-refractivity contribution in [2.75, 3.05) is 0 Å². The van der Waals surface area contributed by atoms with Crippen molar-refractivity contribution in [2.24, 2.45) is 0 Å². The van der Waals surface area contributed by atoms with Crippen molar-refractivity contribution < 1.29 is 19.4 Å². The average molecular weight is 241 g/mol. The maximum atomic E-state index is 11.6. The predicted molar refractivity (Wildman–Crippen MR) is 60.1 cm³/mol. The van der Waals surface area contributed by atoms with E-state index < -0.39 is 17.7 Å².